The first-order chi connectivity index (χ1) is 25.9. The average molecular weight is 781 g/mol. The van der Waals surface area contributed by atoms with Gasteiger partial charge in [0.2, 0.25) is 5.91 Å². The highest BCUT2D eigenvalue weighted by Gasteiger charge is 2.43. The van der Waals surface area contributed by atoms with Gasteiger partial charge in [0.05, 0.1) is 24.3 Å². The number of primary amides is 1. The molecular formula is C37H55F3N8O5S. The van der Waals surface area contributed by atoms with Crippen molar-refractivity contribution >= 4 is 42.1 Å². The number of carbonyl (C=O) groups excluding carboxylic acids is 4. The van der Waals surface area contributed by atoms with Crippen LogP contribution in [0.15, 0.2) is 29.5 Å². The number of piperidine rings is 1. The summed E-state index contributed by atoms with van der Waals surface area (Å²) >= 11 is 1.93. The number of fused-ring (bicyclic) bond motifs is 2. The van der Waals surface area contributed by atoms with Crippen LogP contribution in [0.4, 0.5) is 18.0 Å². The largest absolute Gasteiger partial charge is 0.490 e. The van der Waals surface area contributed by atoms with Crippen molar-refractivity contribution in [2.45, 2.75) is 107 Å². The van der Waals surface area contributed by atoms with Crippen LogP contribution in [-0.4, -0.2) is 115 Å². The minimum Gasteiger partial charge on any atom is -0.490 e. The number of halogens is 3. The molecule has 0 radical (unpaired) electrons. The van der Waals surface area contributed by atoms with Gasteiger partial charge in [-0.1, -0.05) is 25.3 Å². The van der Waals surface area contributed by atoms with Crippen molar-refractivity contribution in [1.29, 1.82) is 5.41 Å². The van der Waals surface area contributed by atoms with Crippen molar-refractivity contribution in [2.24, 2.45) is 5.73 Å². The van der Waals surface area contributed by atoms with Crippen molar-refractivity contribution in [3.63, 3.8) is 0 Å². The molecule has 0 bridgehead atoms. The normalized spacial score (nSPS) is 21.5. The number of carbonyl (C=O) groups is 4. The number of rotatable bonds is 19. The number of likely N-dealkylation sites (tertiary alicyclic amines) is 1. The predicted molar refractivity (Wildman–Crippen MR) is 202 cm³/mol. The van der Waals surface area contributed by atoms with Gasteiger partial charge in [-0.25, -0.2) is 4.79 Å². The molecule has 4 aliphatic rings. The van der Waals surface area contributed by atoms with E-state index in [4.69, 9.17) is 15.9 Å². The van der Waals surface area contributed by atoms with Crippen molar-refractivity contribution in [1.82, 2.24) is 31.1 Å². The fourth-order valence-corrected chi connectivity index (χ4v) is 8.75. The summed E-state index contributed by atoms with van der Waals surface area (Å²) in [5.41, 5.74) is 4.49. The monoisotopic (exact) mass is 780 g/mol. The second kappa shape index (κ2) is 21.3. The molecule has 3 saturated heterocycles. The van der Waals surface area contributed by atoms with Gasteiger partial charge in [0, 0.05) is 56.4 Å². The Morgan fingerprint density at radius 2 is 1.78 bits per heavy atom. The molecule has 4 aliphatic heterocycles. The van der Waals surface area contributed by atoms with Crippen LogP contribution in [0.2, 0.25) is 0 Å². The molecule has 4 heterocycles. The highest BCUT2D eigenvalue weighted by atomic mass is 32.2. The lowest BCUT2D eigenvalue weighted by Crippen LogP contribution is -2.43. The van der Waals surface area contributed by atoms with E-state index in [-0.39, 0.29) is 31.1 Å². The zero-order valence-corrected chi connectivity index (χ0v) is 31.8. The SMILES string of the molecule is CNCCCCCCNC(=O)CN1CCC(Oc2ccc3c(c2)CN(/C(C=N)=C(/C(N)=O)C(F)(F)F)C3)CC1.O=CCCCCC1SC[C@@H]2NC(=O)N[C@H]12. The highest BCUT2D eigenvalue weighted by Crippen LogP contribution is 2.35. The Hall–Kier alpha value is -3.83. The molecule has 54 heavy (non-hydrogen) atoms. The van der Waals surface area contributed by atoms with Gasteiger partial charge >= 0.3 is 12.2 Å². The molecule has 13 nitrogen and oxygen atoms in total. The first-order valence-corrected chi connectivity index (χ1v) is 19.9. The molecule has 1 aromatic carbocycles. The zero-order valence-electron chi connectivity index (χ0n) is 31.0. The van der Waals surface area contributed by atoms with Crippen molar-refractivity contribution in [3.8, 4) is 5.75 Å². The number of thioether (sulfide) groups is 1. The van der Waals surface area contributed by atoms with Crippen LogP contribution in [0.1, 0.15) is 75.3 Å². The fourth-order valence-electron chi connectivity index (χ4n) is 7.21. The molecule has 0 aromatic heterocycles. The lowest BCUT2D eigenvalue weighted by atomic mass is 10.0. The van der Waals surface area contributed by atoms with Gasteiger partial charge in [0.15, 0.2) is 0 Å². The number of alkyl halides is 3. The van der Waals surface area contributed by atoms with Gasteiger partial charge in [-0.05, 0) is 75.4 Å². The zero-order chi connectivity index (χ0) is 39.1. The minimum absolute atomic E-state index is 0.0248. The first kappa shape index (κ1) is 42.9. The predicted octanol–water partition coefficient (Wildman–Crippen LogP) is 3.60. The number of benzene rings is 1. The number of nitrogens with two attached hydrogens (primary N) is 1. The smallest absolute Gasteiger partial charge is 0.423 e. The van der Waals surface area contributed by atoms with Gasteiger partial charge in [-0.2, -0.15) is 24.9 Å². The molecule has 5 rings (SSSR count). The van der Waals surface area contributed by atoms with Crippen molar-refractivity contribution in [2.75, 3.05) is 45.5 Å². The third kappa shape index (κ3) is 12.9. The molecule has 1 unspecified atom stereocenters. The number of ether oxygens (including phenoxy) is 1. The van der Waals surface area contributed by atoms with E-state index in [2.05, 4.69) is 26.2 Å². The van der Waals surface area contributed by atoms with Gasteiger partial charge in [-0.3, -0.25) is 14.5 Å². The molecule has 7 N–H and O–H groups in total. The number of aldehydes is 1. The second-order valence-corrected chi connectivity index (χ2v) is 15.4. The third-order valence-corrected chi connectivity index (χ3v) is 11.6. The topological polar surface area (TPSA) is 182 Å². The van der Waals surface area contributed by atoms with E-state index >= 15 is 0 Å². The Kier molecular flexibility index (Phi) is 16.9. The summed E-state index contributed by atoms with van der Waals surface area (Å²) in [7, 11) is 1.95. The second-order valence-electron chi connectivity index (χ2n) is 14.1. The van der Waals surface area contributed by atoms with Crippen LogP contribution in [-0.2, 0) is 27.5 Å². The lowest BCUT2D eigenvalue weighted by molar-refractivity contribution is -0.129. The van der Waals surface area contributed by atoms with Gasteiger partial charge in [-0.15, -0.1) is 0 Å². The maximum atomic E-state index is 13.4. The van der Waals surface area contributed by atoms with Gasteiger partial charge in [0.1, 0.15) is 23.7 Å². The fraction of sp³-hybridized carbons (Fsp3) is 0.649. The quantitative estimate of drug-likeness (QED) is 0.0402. The Bertz CT molecular complexity index is 1470. The molecule has 0 saturated carbocycles. The third-order valence-electron chi connectivity index (χ3n) is 10.0. The van der Waals surface area contributed by atoms with Crippen molar-refractivity contribution < 1.29 is 37.1 Å². The van der Waals surface area contributed by atoms with Crippen LogP contribution in [0.25, 0.3) is 0 Å². The van der Waals surface area contributed by atoms with Crippen LogP contribution in [0.3, 0.4) is 0 Å². The van der Waals surface area contributed by atoms with Crippen LogP contribution >= 0.6 is 11.8 Å². The summed E-state index contributed by atoms with van der Waals surface area (Å²) < 4.78 is 46.3. The molecule has 3 fully saturated rings. The number of allylic oxidation sites excluding steroid dienone is 1. The summed E-state index contributed by atoms with van der Waals surface area (Å²) in [5.74, 6) is 0.0615. The Labute approximate surface area is 319 Å². The van der Waals surface area contributed by atoms with E-state index < -0.39 is 23.4 Å². The van der Waals surface area contributed by atoms with Gasteiger partial charge < -0.3 is 46.8 Å². The van der Waals surface area contributed by atoms with Crippen LogP contribution in [0.5, 0.6) is 5.75 Å². The number of hydrogen-bond acceptors (Lipinski definition) is 10. The lowest BCUT2D eigenvalue weighted by Gasteiger charge is -2.31. The summed E-state index contributed by atoms with van der Waals surface area (Å²) in [6.45, 7) is 3.80. The van der Waals surface area contributed by atoms with E-state index in [0.29, 0.717) is 48.8 Å². The maximum Gasteiger partial charge on any atom is 0.423 e. The first-order valence-electron chi connectivity index (χ1n) is 18.8. The Morgan fingerprint density at radius 3 is 2.44 bits per heavy atom. The number of unbranched alkanes of at least 4 members (excludes halogenated alkanes) is 5. The molecule has 1 aromatic rings. The molecule has 0 spiro atoms. The minimum atomic E-state index is -4.96. The number of urea groups is 1. The van der Waals surface area contributed by atoms with E-state index in [9.17, 15) is 32.3 Å². The summed E-state index contributed by atoms with van der Waals surface area (Å²) in [6, 6.07) is 5.98. The molecule has 4 amide bonds. The van der Waals surface area contributed by atoms with E-state index in [1.54, 1.807) is 18.2 Å². The number of amides is 4. The van der Waals surface area contributed by atoms with E-state index in [1.807, 2.05) is 18.8 Å². The summed E-state index contributed by atoms with van der Waals surface area (Å²) in [6.07, 6.45) is 6.24. The average Bonchev–Trinajstić information content (AvgIpc) is 3.83. The van der Waals surface area contributed by atoms with E-state index in [0.717, 1.165) is 101 Å². The molecule has 17 heteroatoms. The standard InChI is InChI=1S/C27H39F3N6O3.C10H16N2O2S/c1-33-10-4-2-3-5-11-34-24(37)18-35-12-8-21(9-13-35)39-22-7-6-19-16-36(17-20(19)14-22)23(15-31)25(26(32)38)27(28,29)30;13-5-3-1-2-4-8-9-7(6-15-8)11-10(14)12-9/h6-7,14-15,21,31,33H,2-5,8-13,16-18H2,1H3,(H2,32,38)(H,34,37);5,7-9H,1-4,6H2,(H2,11,12,14)/b25-23-,31-15?;/t;7-,8?,9-/m.0/s1. The highest BCUT2D eigenvalue weighted by molar-refractivity contribution is 8.00. The summed E-state index contributed by atoms with van der Waals surface area (Å²) in [4.78, 5) is 48.4. The van der Waals surface area contributed by atoms with Gasteiger partial charge in [0.25, 0.3) is 5.91 Å². The number of nitrogens with zero attached hydrogens (tertiary/aromatic N) is 2. The van der Waals surface area contributed by atoms with Crippen molar-refractivity contribution in [3.05, 3.63) is 40.6 Å². The van der Waals surface area contributed by atoms with Crippen LogP contribution in [0, 0.1) is 5.41 Å². The molecule has 0 aliphatic carbocycles. The summed E-state index contributed by atoms with van der Waals surface area (Å²) in [5, 5.41) is 20.0. The molecular weight excluding hydrogens is 726 g/mol. The number of nitrogens with one attached hydrogen (secondary N) is 5. The van der Waals surface area contributed by atoms with Crippen LogP contribution < -0.4 is 31.7 Å². The Balaban J connectivity index is 0.000000358. The Morgan fingerprint density at radius 1 is 1.06 bits per heavy atom. The maximum absolute atomic E-state index is 13.4. The number of hydrogen-bond donors (Lipinski definition) is 6. The molecule has 3 atom stereocenters. The van der Waals surface area contributed by atoms with E-state index in [1.165, 1.54) is 4.90 Å². The molecule has 300 valence electrons.